The monoisotopic (exact) mass is 454 g/mol. The Morgan fingerprint density at radius 3 is 2.24 bits per heavy atom. The number of carboxylic acids is 1. The van der Waals surface area contributed by atoms with Gasteiger partial charge in [0.05, 0.1) is 0 Å². The molecule has 0 saturated carbocycles. The van der Waals surface area contributed by atoms with Crippen LogP contribution in [0.15, 0.2) is 79.0 Å². The molecular formula is C28H26N2O4. The van der Waals surface area contributed by atoms with Crippen LogP contribution in [0.4, 0.5) is 4.79 Å². The van der Waals surface area contributed by atoms with Gasteiger partial charge in [0.25, 0.3) is 0 Å². The first-order chi connectivity index (χ1) is 16.5. The zero-order valence-electron chi connectivity index (χ0n) is 19.0. The van der Waals surface area contributed by atoms with Crippen LogP contribution in [-0.4, -0.2) is 46.3 Å². The lowest BCUT2D eigenvalue weighted by atomic mass is 9.98. The minimum absolute atomic E-state index is 0.0684. The average Bonchev–Trinajstić information content (AvgIpc) is 3.35. The van der Waals surface area contributed by atoms with E-state index in [1.54, 1.807) is 0 Å². The summed E-state index contributed by atoms with van der Waals surface area (Å²) in [5, 5.41) is 10.5. The van der Waals surface area contributed by atoms with Crippen LogP contribution in [0.3, 0.4) is 0 Å². The molecule has 1 N–H and O–H groups in total. The Labute approximate surface area is 198 Å². The largest absolute Gasteiger partial charge is 0.480 e. The number of hydrogen-bond acceptors (Lipinski definition) is 3. The van der Waals surface area contributed by atoms with Gasteiger partial charge in [-0.1, -0.05) is 66.7 Å². The van der Waals surface area contributed by atoms with E-state index in [0.717, 1.165) is 38.7 Å². The Balaban J connectivity index is 1.31. The summed E-state index contributed by atoms with van der Waals surface area (Å²) in [6.45, 7) is 0.0235. The van der Waals surface area contributed by atoms with Crippen molar-refractivity contribution in [3.8, 4) is 11.1 Å². The first-order valence-electron chi connectivity index (χ1n) is 11.4. The summed E-state index contributed by atoms with van der Waals surface area (Å²) in [6, 6.07) is 24.3. The number of nitrogens with zero attached hydrogens (tertiary/aromatic N) is 2. The van der Waals surface area contributed by atoms with E-state index in [0.29, 0.717) is 6.42 Å². The maximum Gasteiger partial charge on any atom is 0.410 e. The van der Waals surface area contributed by atoms with Gasteiger partial charge in [0.2, 0.25) is 0 Å². The van der Waals surface area contributed by atoms with Gasteiger partial charge in [-0.2, -0.15) is 0 Å². The second kappa shape index (κ2) is 9.06. The molecule has 1 aliphatic rings. The van der Waals surface area contributed by atoms with Crippen molar-refractivity contribution >= 4 is 23.0 Å². The number of aliphatic carboxylic acids is 1. The molecule has 6 nitrogen and oxygen atoms in total. The van der Waals surface area contributed by atoms with E-state index in [4.69, 9.17) is 4.74 Å². The number of amides is 1. The van der Waals surface area contributed by atoms with Crippen LogP contribution >= 0.6 is 0 Å². The van der Waals surface area contributed by atoms with Crippen LogP contribution in [0, 0.1) is 0 Å². The quantitative estimate of drug-likeness (QED) is 0.424. The molecule has 1 aliphatic carbocycles. The van der Waals surface area contributed by atoms with Crippen molar-refractivity contribution in [1.29, 1.82) is 0 Å². The van der Waals surface area contributed by atoms with Gasteiger partial charge in [0.1, 0.15) is 13.2 Å². The lowest BCUT2D eigenvalue weighted by Gasteiger charge is -2.22. The predicted octanol–water partition coefficient (Wildman–Crippen LogP) is 5.06. The molecule has 3 aromatic carbocycles. The van der Waals surface area contributed by atoms with Gasteiger partial charge in [-0.25, -0.2) is 4.79 Å². The minimum Gasteiger partial charge on any atom is -0.480 e. The summed E-state index contributed by atoms with van der Waals surface area (Å²) in [7, 11) is 1.98. The zero-order valence-corrected chi connectivity index (χ0v) is 19.0. The third-order valence-electron chi connectivity index (χ3n) is 6.55. The molecule has 1 heterocycles. The molecule has 0 unspecified atom stereocenters. The van der Waals surface area contributed by atoms with E-state index < -0.39 is 18.6 Å². The van der Waals surface area contributed by atoms with Crippen LogP contribution in [0.1, 0.15) is 22.6 Å². The van der Waals surface area contributed by atoms with Crippen molar-refractivity contribution in [2.24, 2.45) is 7.05 Å². The first kappa shape index (κ1) is 21.8. The van der Waals surface area contributed by atoms with E-state index in [2.05, 4.69) is 24.3 Å². The Hall–Kier alpha value is -4.06. The van der Waals surface area contributed by atoms with E-state index in [1.165, 1.54) is 4.90 Å². The molecule has 0 fully saturated rings. The summed E-state index contributed by atoms with van der Waals surface area (Å²) >= 11 is 0. The van der Waals surface area contributed by atoms with E-state index >= 15 is 0 Å². The van der Waals surface area contributed by atoms with Crippen LogP contribution < -0.4 is 0 Å². The van der Waals surface area contributed by atoms with Crippen molar-refractivity contribution in [3.63, 3.8) is 0 Å². The molecule has 0 saturated heterocycles. The van der Waals surface area contributed by atoms with E-state index in [1.807, 2.05) is 66.3 Å². The molecule has 1 amide bonds. The number of hydrogen-bond donors (Lipinski definition) is 1. The number of para-hydroxylation sites is 1. The molecule has 1 aromatic heterocycles. The van der Waals surface area contributed by atoms with Crippen molar-refractivity contribution in [2.45, 2.75) is 12.3 Å². The molecular weight excluding hydrogens is 428 g/mol. The topological polar surface area (TPSA) is 71.8 Å². The fourth-order valence-corrected chi connectivity index (χ4v) is 4.96. The molecule has 0 bridgehead atoms. The number of aromatic nitrogens is 1. The standard InChI is InChI=1S/C28H26N2O4/c1-29-16-19(20-8-6-7-13-26(20)29)14-15-30(17-27(31)32)28(33)34-18-25-23-11-4-2-9-21(23)22-10-3-5-12-24(22)25/h2-13,16,25H,14-15,17-18H2,1H3,(H,31,32). The number of fused-ring (bicyclic) bond motifs is 4. The molecule has 5 rings (SSSR count). The molecule has 172 valence electrons. The average molecular weight is 455 g/mol. The van der Waals surface area contributed by atoms with Gasteiger partial charge in [-0.05, 0) is 40.3 Å². The molecule has 6 heteroatoms. The summed E-state index contributed by atoms with van der Waals surface area (Å²) < 4.78 is 7.74. The summed E-state index contributed by atoms with van der Waals surface area (Å²) in [5.74, 6) is -1.13. The third kappa shape index (κ3) is 4.03. The smallest absolute Gasteiger partial charge is 0.410 e. The highest BCUT2D eigenvalue weighted by molar-refractivity contribution is 5.84. The molecule has 0 spiro atoms. The van der Waals surface area contributed by atoms with Gasteiger partial charge in [-0.3, -0.25) is 9.69 Å². The zero-order chi connectivity index (χ0) is 23.7. The Kier molecular flexibility index (Phi) is 5.80. The fourth-order valence-electron chi connectivity index (χ4n) is 4.96. The van der Waals surface area contributed by atoms with Gasteiger partial charge in [0.15, 0.2) is 0 Å². The SMILES string of the molecule is Cn1cc(CCN(CC(=O)O)C(=O)OCC2c3ccccc3-c3ccccc32)c2ccccc21. The lowest BCUT2D eigenvalue weighted by Crippen LogP contribution is -2.38. The minimum atomic E-state index is -1.06. The second-order valence-corrected chi connectivity index (χ2v) is 8.65. The summed E-state index contributed by atoms with van der Waals surface area (Å²) in [5.41, 5.74) is 6.72. The maximum atomic E-state index is 13.0. The van der Waals surface area contributed by atoms with Crippen LogP contribution in [0.2, 0.25) is 0 Å². The second-order valence-electron chi connectivity index (χ2n) is 8.65. The van der Waals surface area contributed by atoms with Crippen molar-refractivity contribution in [3.05, 3.63) is 95.7 Å². The van der Waals surface area contributed by atoms with Gasteiger partial charge in [-0.15, -0.1) is 0 Å². The van der Waals surface area contributed by atoms with Crippen LogP contribution in [0.25, 0.3) is 22.0 Å². The molecule has 34 heavy (non-hydrogen) atoms. The number of carboxylic acid groups (broad SMARTS) is 1. The van der Waals surface area contributed by atoms with Crippen molar-refractivity contribution < 1.29 is 19.4 Å². The van der Waals surface area contributed by atoms with Gasteiger partial charge < -0.3 is 14.4 Å². The van der Waals surface area contributed by atoms with Crippen LogP contribution in [-0.2, 0) is 23.0 Å². The number of carbonyl (C=O) groups excluding carboxylic acids is 1. The molecule has 0 radical (unpaired) electrons. The summed E-state index contributed by atoms with van der Waals surface area (Å²) in [6.07, 6.45) is 1.96. The number of carbonyl (C=O) groups is 2. The maximum absolute atomic E-state index is 13.0. The fraction of sp³-hybridized carbons (Fsp3) is 0.214. The molecule has 0 aliphatic heterocycles. The number of ether oxygens (including phenoxy) is 1. The molecule has 0 atom stereocenters. The van der Waals surface area contributed by atoms with Crippen molar-refractivity contribution in [2.75, 3.05) is 19.7 Å². The highest BCUT2D eigenvalue weighted by Gasteiger charge is 2.30. The lowest BCUT2D eigenvalue weighted by molar-refractivity contribution is -0.138. The molecule has 4 aromatic rings. The first-order valence-corrected chi connectivity index (χ1v) is 11.4. The van der Waals surface area contributed by atoms with Crippen molar-refractivity contribution in [1.82, 2.24) is 9.47 Å². The Morgan fingerprint density at radius 1 is 0.941 bits per heavy atom. The third-order valence-corrected chi connectivity index (χ3v) is 6.55. The Bertz CT molecular complexity index is 1330. The van der Waals surface area contributed by atoms with Gasteiger partial charge >= 0.3 is 12.1 Å². The highest BCUT2D eigenvalue weighted by atomic mass is 16.6. The summed E-state index contributed by atoms with van der Waals surface area (Å²) in [4.78, 5) is 25.7. The Morgan fingerprint density at radius 2 is 1.56 bits per heavy atom. The number of rotatable bonds is 7. The number of benzene rings is 3. The highest BCUT2D eigenvalue weighted by Crippen LogP contribution is 2.44. The van der Waals surface area contributed by atoms with E-state index in [9.17, 15) is 14.7 Å². The normalized spacial score (nSPS) is 12.4. The van der Waals surface area contributed by atoms with E-state index in [-0.39, 0.29) is 19.1 Å². The predicted molar refractivity (Wildman–Crippen MR) is 131 cm³/mol. The van der Waals surface area contributed by atoms with Gasteiger partial charge in [0, 0.05) is 36.6 Å². The number of aryl methyl sites for hydroxylation is 1. The van der Waals surface area contributed by atoms with Crippen LogP contribution in [0.5, 0.6) is 0 Å².